The zero-order chi connectivity index (χ0) is 26.4. The number of carbonyl (C=O) groups excluding carboxylic acids is 3. The lowest BCUT2D eigenvalue weighted by molar-refractivity contribution is -0.120. The maximum atomic E-state index is 12.8. The van der Waals surface area contributed by atoms with Crippen molar-refractivity contribution in [2.75, 3.05) is 13.7 Å². The van der Waals surface area contributed by atoms with Crippen molar-refractivity contribution >= 4 is 68.6 Å². The Morgan fingerprint density at radius 1 is 1.00 bits per heavy atom. The van der Waals surface area contributed by atoms with Gasteiger partial charge >= 0.3 is 5.97 Å². The predicted octanol–water partition coefficient (Wildman–Crippen LogP) is 5.32. The number of carbonyl (C=O) groups is 3. The highest BCUT2D eigenvalue weighted by Gasteiger charge is 2.20. The van der Waals surface area contributed by atoms with Crippen molar-refractivity contribution < 1.29 is 23.9 Å². The third kappa shape index (κ3) is 6.45. The number of nitrogens with one attached hydrogen (secondary N) is 2. The van der Waals surface area contributed by atoms with Crippen molar-refractivity contribution in [3.8, 4) is 11.5 Å². The number of halogens is 2. The molecule has 188 valence electrons. The lowest BCUT2D eigenvalue weighted by Gasteiger charge is -2.09. The van der Waals surface area contributed by atoms with Gasteiger partial charge in [-0.1, -0.05) is 41.4 Å². The summed E-state index contributed by atoms with van der Waals surface area (Å²) < 4.78 is 11.7. The smallest absolute Gasteiger partial charge is 0.355 e. The Balaban J connectivity index is 1.34. The number of ether oxygens (including phenoxy) is 2. The quantitative estimate of drug-likeness (QED) is 0.132. The molecule has 1 aromatic heterocycles. The molecule has 0 saturated heterocycles. The van der Waals surface area contributed by atoms with Crippen molar-refractivity contribution in [3.63, 3.8) is 0 Å². The predicted molar refractivity (Wildman–Crippen MR) is 144 cm³/mol. The molecular weight excluding hydrogens is 537 g/mol. The van der Waals surface area contributed by atoms with E-state index in [9.17, 15) is 14.4 Å². The number of hydrogen-bond acceptors (Lipinski definition) is 7. The molecular formula is C26H19Cl2N3O5S. The Hall–Kier alpha value is -3.92. The molecule has 0 saturated carbocycles. The van der Waals surface area contributed by atoms with Crippen LogP contribution in [-0.4, -0.2) is 37.7 Å². The molecule has 8 nitrogen and oxygen atoms in total. The van der Waals surface area contributed by atoms with E-state index in [4.69, 9.17) is 32.7 Å². The molecule has 1 heterocycles. The van der Waals surface area contributed by atoms with Crippen molar-refractivity contribution in [2.24, 2.45) is 5.10 Å². The Morgan fingerprint density at radius 3 is 2.49 bits per heavy atom. The van der Waals surface area contributed by atoms with Gasteiger partial charge in [0.25, 0.3) is 11.8 Å². The minimum Gasteiger partial charge on any atom is -0.493 e. The van der Waals surface area contributed by atoms with Crippen LogP contribution >= 0.6 is 34.5 Å². The normalized spacial score (nSPS) is 10.9. The highest BCUT2D eigenvalue weighted by Crippen LogP contribution is 2.37. The van der Waals surface area contributed by atoms with Crippen LogP contribution in [0, 0.1) is 0 Å². The van der Waals surface area contributed by atoms with Crippen LogP contribution < -0.4 is 20.2 Å². The summed E-state index contributed by atoms with van der Waals surface area (Å²) >= 11 is 13.4. The third-order valence-corrected chi connectivity index (χ3v) is 6.94. The molecule has 0 bridgehead atoms. The van der Waals surface area contributed by atoms with E-state index in [2.05, 4.69) is 15.8 Å². The van der Waals surface area contributed by atoms with E-state index >= 15 is 0 Å². The lowest BCUT2D eigenvalue weighted by Crippen LogP contribution is -2.34. The second-order valence-electron chi connectivity index (χ2n) is 7.52. The molecule has 11 heteroatoms. The second kappa shape index (κ2) is 11.9. The third-order valence-electron chi connectivity index (χ3n) is 5.03. The molecule has 2 amide bonds. The summed E-state index contributed by atoms with van der Waals surface area (Å²) in [6.07, 6.45) is 1.38. The number of hydrazone groups is 1. The fraction of sp³-hybridized carbons (Fsp3) is 0.0769. The van der Waals surface area contributed by atoms with Crippen LogP contribution in [0.2, 0.25) is 10.0 Å². The maximum Gasteiger partial charge on any atom is 0.355 e. The van der Waals surface area contributed by atoms with E-state index in [1.54, 1.807) is 42.5 Å². The minimum absolute atomic E-state index is 0.201. The molecule has 0 spiro atoms. The fourth-order valence-electron chi connectivity index (χ4n) is 3.22. The monoisotopic (exact) mass is 555 g/mol. The second-order valence-corrected chi connectivity index (χ2v) is 9.39. The van der Waals surface area contributed by atoms with Gasteiger partial charge in [0.1, 0.15) is 4.88 Å². The van der Waals surface area contributed by atoms with Crippen LogP contribution in [0.5, 0.6) is 11.5 Å². The van der Waals surface area contributed by atoms with Gasteiger partial charge in [0.05, 0.1) is 24.9 Å². The number of rotatable bonds is 8. The molecule has 0 aliphatic carbocycles. The van der Waals surface area contributed by atoms with Crippen LogP contribution in [0.1, 0.15) is 25.6 Å². The molecule has 2 N–H and O–H groups in total. The van der Waals surface area contributed by atoms with E-state index < -0.39 is 17.8 Å². The van der Waals surface area contributed by atoms with Gasteiger partial charge in [-0.3, -0.25) is 9.59 Å². The summed E-state index contributed by atoms with van der Waals surface area (Å²) in [5.74, 6) is -1.04. The van der Waals surface area contributed by atoms with Crippen LogP contribution in [0.3, 0.4) is 0 Å². The Labute approximate surface area is 225 Å². The zero-order valence-corrected chi connectivity index (χ0v) is 21.6. The van der Waals surface area contributed by atoms with Crippen LogP contribution in [0.25, 0.3) is 10.1 Å². The molecule has 37 heavy (non-hydrogen) atoms. The molecule has 0 atom stereocenters. The standard InChI is InChI=1S/C26H19Cl2N3O5S/c1-35-20-12-15(13-30-31-22(32)14-29-25(33)16-7-9-17(27)10-8-16)6-11-19(20)36-26(34)24-23(28)18-4-2-3-5-21(18)37-24/h2-13H,14H2,1H3,(H,29,33)(H,31,32)/b30-13+. The largest absolute Gasteiger partial charge is 0.493 e. The number of benzene rings is 3. The van der Waals surface area contributed by atoms with Gasteiger partial charge in [-0.15, -0.1) is 11.3 Å². The van der Waals surface area contributed by atoms with Gasteiger partial charge in [-0.25, -0.2) is 10.2 Å². The molecule has 4 rings (SSSR count). The summed E-state index contributed by atoms with van der Waals surface area (Å²) in [4.78, 5) is 37.1. The lowest BCUT2D eigenvalue weighted by atomic mass is 10.2. The van der Waals surface area contributed by atoms with Gasteiger partial charge in [-0.05, 0) is 54.1 Å². The number of nitrogens with zero attached hydrogens (tertiary/aromatic N) is 1. The van der Waals surface area contributed by atoms with Gasteiger partial charge in [0.15, 0.2) is 11.5 Å². The maximum absolute atomic E-state index is 12.8. The van der Waals surface area contributed by atoms with Gasteiger partial charge in [-0.2, -0.15) is 5.10 Å². The number of amides is 2. The Kier molecular flexibility index (Phi) is 8.39. The molecule has 0 aliphatic heterocycles. The minimum atomic E-state index is -0.598. The summed E-state index contributed by atoms with van der Waals surface area (Å²) in [5, 5.41) is 8.00. The van der Waals surface area contributed by atoms with Crippen LogP contribution in [0.15, 0.2) is 71.8 Å². The van der Waals surface area contributed by atoms with Crippen molar-refractivity contribution in [2.45, 2.75) is 0 Å². The first-order chi connectivity index (χ1) is 17.9. The van der Waals surface area contributed by atoms with Gasteiger partial charge < -0.3 is 14.8 Å². The van der Waals surface area contributed by atoms with E-state index in [1.165, 1.54) is 24.7 Å². The van der Waals surface area contributed by atoms with E-state index in [0.29, 0.717) is 26.0 Å². The molecule has 0 radical (unpaired) electrons. The van der Waals surface area contributed by atoms with E-state index in [1.807, 2.05) is 24.3 Å². The number of hydrogen-bond donors (Lipinski definition) is 2. The number of methoxy groups -OCH3 is 1. The highest BCUT2D eigenvalue weighted by atomic mass is 35.5. The molecule has 0 unspecified atom stereocenters. The van der Waals surface area contributed by atoms with Crippen molar-refractivity contribution in [3.05, 3.63) is 92.8 Å². The average molecular weight is 556 g/mol. The number of esters is 1. The fourth-order valence-corrected chi connectivity index (χ4v) is 4.73. The van der Waals surface area contributed by atoms with Gasteiger partial charge in [0, 0.05) is 20.7 Å². The summed E-state index contributed by atoms with van der Waals surface area (Å²) in [7, 11) is 1.44. The molecule has 4 aromatic rings. The molecule has 3 aromatic carbocycles. The first kappa shape index (κ1) is 26.2. The van der Waals surface area contributed by atoms with Gasteiger partial charge in [0.2, 0.25) is 0 Å². The number of thiophene rings is 1. The van der Waals surface area contributed by atoms with E-state index in [-0.39, 0.29) is 18.0 Å². The topological polar surface area (TPSA) is 106 Å². The highest BCUT2D eigenvalue weighted by molar-refractivity contribution is 7.21. The first-order valence-electron chi connectivity index (χ1n) is 10.8. The SMILES string of the molecule is COc1cc(/C=N/NC(=O)CNC(=O)c2ccc(Cl)cc2)ccc1OC(=O)c1sc2ccccc2c1Cl. The molecule has 0 aliphatic rings. The Bertz CT molecular complexity index is 1500. The Morgan fingerprint density at radius 2 is 1.76 bits per heavy atom. The summed E-state index contributed by atoms with van der Waals surface area (Å²) in [6, 6.07) is 18.5. The summed E-state index contributed by atoms with van der Waals surface area (Å²) in [6.45, 7) is -0.267. The first-order valence-corrected chi connectivity index (χ1v) is 12.4. The van der Waals surface area contributed by atoms with Crippen LogP contribution in [-0.2, 0) is 4.79 Å². The van der Waals surface area contributed by atoms with Crippen LogP contribution in [0.4, 0.5) is 0 Å². The van der Waals surface area contributed by atoms with E-state index in [0.717, 1.165) is 10.1 Å². The van der Waals surface area contributed by atoms with Crippen molar-refractivity contribution in [1.82, 2.24) is 10.7 Å². The zero-order valence-electron chi connectivity index (χ0n) is 19.3. The number of fused-ring (bicyclic) bond motifs is 1. The summed E-state index contributed by atoms with van der Waals surface area (Å²) in [5.41, 5.74) is 3.28. The molecule has 0 fully saturated rings. The van der Waals surface area contributed by atoms with Crippen molar-refractivity contribution in [1.29, 1.82) is 0 Å². The average Bonchev–Trinajstić information content (AvgIpc) is 3.25.